The fraction of sp³-hybridized carbons (Fsp3) is 0.263. The number of hydrogen-bond donors (Lipinski definition) is 1. The second-order valence-corrected chi connectivity index (χ2v) is 9.74. The molecule has 0 unspecified atom stereocenters. The monoisotopic (exact) mass is 417 g/mol. The molecule has 1 fully saturated rings. The summed E-state index contributed by atoms with van der Waals surface area (Å²) < 4.78 is 29.3. The summed E-state index contributed by atoms with van der Waals surface area (Å²) in [6.45, 7) is 1.20. The highest BCUT2D eigenvalue weighted by molar-refractivity contribution is 7.90. The fourth-order valence-corrected chi connectivity index (χ4v) is 4.58. The van der Waals surface area contributed by atoms with Crippen LogP contribution in [0.5, 0.6) is 5.75 Å². The number of nitrogens with zero attached hydrogens (tertiary/aromatic N) is 2. The van der Waals surface area contributed by atoms with Gasteiger partial charge in [0.25, 0.3) is 0 Å². The molecule has 1 aliphatic rings. The standard InChI is InChI=1S/C19H19N3O4S2/c1-26-14-5-8-17-16(9-14)21-19(27-17)22-10-12(11-22)18(23)20-13-3-6-15(7-4-13)28(2,24)25/h3-9,12H,10-11H2,1-2H3,(H,20,23). The minimum absolute atomic E-state index is 0.0777. The molecule has 0 bridgehead atoms. The molecular formula is C19H19N3O4S2. The van der Waals surface area contributed by atoms with Gasteiger partial charge in [0.05, 0.1) is 28.1 Å². The van der Waals surface area contributed by atoms with Gasteiger partial charge in [-0.2, -0.15) is 0 Å². The quantitative estimate of drug-likeness (QED) is 0.687. The Morgan fingerprint density at radius 3 is 2.57 bits per heavy atom. The van der Waals surface area contributed by atoms with Gasteiger partial charge in [-0.3, -0.25) is 4.79 Å². The lowest BCUT2D eigenvalue weighted by molar-refractivity contribution is -0.120. The molecule has 3 aromatic rings. The summed E-state index contributed by atoms with van der Waals surface area (Å²) in [5.41, 5.74) is 1.47. The van der Waals surface area contributed by atoms with Crippen molar-refractivity contribution in [3.05, 3.63) is 42.5 Å². The molecule has 0 spiro atoms. The molecule has 1 N–H and O–H groups in total. The number of nitrogens with one attached hydrogen (secondary N) is 1. The van der Waals surface area contributed by atoms with E-state index in [-0.39, 0.29) is 16.7 Å². The van der Waals surface area contributed by atoms with Gasteiger partial charge in [0, 0.05) is 31.1 Å². The van der Waals surface area contributed by atoms with Gasteiger partial charge in [0.1, 0.15) is 5.75 Å². The molecule has 2 heterocycles. The molecule has 0 saturated carbocycles. The molecule has 0 radical (unpaired) electrons. The van der Waals surface area contributed by atoms with Gasteiger partial charge in [0.15, 0.2) is 15.0 Å². The first kappa shape index (κ1) is 18.7. The Hall–Kier alpha value is -2.65. The number of carbonyl (C=O) groups excluding carboxylic acids is 1. The van der Waals surface area contributed by atoms with Crippen LogP contribution in [-0.4, -0.2) is 45.8 Å². The third kappa shape index (κ3) is 3.67. The van der Waals surface area contributed by atoms with Crippen LogP contribution >= 0.6 is 11.3 Å². The van der Waals surface area contributed by atoms with Crippen molar-refractivity contribution in [1.82, 2.24) is 4.98 Å². The Labute approximate surface area is 166 Å². The third-order valence-corrected chi connectivity index (χ3v) is 6.88. The average molecular weight is 418 g/mol. The number of aromatic nitrogens is 1. The zero-order valence-corrected chi connectivity index (χ0v) is 17.0. The number of ether oxygens (including phenoxy) is 1. The first-order valence-corrected chi connectivity index (χ1v) is 11.3. The van der Waals surface area contributed by atoms with E-state index < -0.39 is 9.84 Å². The van der Waals surface area contributed by atoms with Crippen LogP contribution in [0.4, 0.5) is 10.8 Å². The zero-order valence-electron chi connectivity index (χ0n) is 15.4. The molecule has 0 atom stereocenters. The number of benzene rings is 2. The molecule has 9 heteroatoms. The lowest BCUT2D eigenvalue weighted by atomic mass is 10.00. The SMILES string of the molecule is COc1ccc2sc(N3CC(C(=O)Nc4ccc(S(C)(=O)=O)cc4)C3)nc2c1. The van der Waals surface area contributed by atoms with E-state index in [4.69, 9.17) is 4.74 Å². The molecule has 2 aromatic carbocycles. The topological polar surface area (TPSA) is 88.6 Å². The van der Waals surface area contributed by atoms with Crippen LogP contribution in [-0.2, 0) is 14.6 Å². The van der Waals surface area contributed by atoms with Crippen LogP contribution in [0.25, 0.3) is 10.2 Å². The summed E-state index contributed by atoms with van der Waals surface area (Å²) in [6, 6.07) is 12.0. The number of fused-ring (bicyclic) bond motifs is 1. The Balaban J connectivity index is 1.37. The average Bonchev–Trinajstić information content (AvgIpc) is 3.02. The highest BCUT2D eigenvalue weighted by Gasteiger charge is 2.34. The van der Waals surface area contributed by atoms with Crippen molar-refractivity contribution in [1.29, 1.82) is 0 Å². The van der Waals surface area contributed by atoms with E-state index in [9.17, 15) is 13.2 Å². The molecular weight excluding hydrogens is 398 g/mol. The van der Waals surface area contributed by atoms with Gasteiger partial charge in [-0.1, -0.05) is 11.3 Å². The Morgan fingerprint density at radius 1 is 1.21 bits per heavy atom. The summed E-state index contributed by atoms with van der Waals surface area (Å²) in [5.74, 6) is 0.564. The molecule has 0 aliphatic carbocycles. The number of carbonyl (C=O) groups is 1. The number of amides is 1. The molecule has 4 rings (SSSR count). The molecule has 146 valence electrons. The molecule has 28 heavy (non-hydrogen) atoms. The third-order valence-electron chi connectivity index (χ3n) is 4.66. The maximum absolute atomic E-state index is 12.4. The summed E-state index contributed by atoms with van der Waals surface area (Å²) in [6.07, 6.45) is 1.15. The maximum Gasteiger partial charge on any atom is 0.231 e. The number of sulfone groups is 1. The van der Waals surface area contributed by atoms with E-state index >= 15 is 0 Å². The zero-order chi connectivity index (χ0) is 19.9. The smallest absolute Gasteiger partial charge is 0.231 e. The van der Waals surface area contributed by atoms with Crippen molar-refractivity contribution in [3.63, 3.8) is 0 Å². The first-order chi connectivity index (χ1) is 13.3. The van der Waals surface area contributed by atoms with Gasteiger partial charge < -0.3 is 15.0 Å². The van der Waals surface area contributed by atoms with Crippen LogP contribution in [0.2, 0.25) is 0 Å². The van der Waals surface area contributed by atoms with Gasteiger partial charge >= 0.3 is 0 Å². The van der Waals surface area contributed by atoms with Gasteiger partial charge in [-0.25, -0.2) is 13.4 Å². The predicted molar refractivity (Wildman–Crippen MR) is 110 cm³/mol. The maximum atomic E-state index is 12.4. The predicted octanol–water partition coefficient (Wildman–Crippen LogP) is 2.78. The van der Waals surface area contributed by atoms with E-state index in [0.717, 1.165) is 27.4 Å². The van der Waals surface area contributed by atoms with Crippen molar-refractivity contribution in [2.24, 2.45) is 5.92 Å². The van der Waals surface area contributed by atoms with Crippen LogP contribution in [0.3, 0.4) is 0 Å². The lowest BCUT2D eigenvalue weighted by Crippen LogP contribution is -2.52. The van der Waals surface area contributed by atoms with Crippen LogP contribution in [0.1, 0.15) is 0 Å². The van der Waals surface area contributed by atoms with E-state index in [0.29, 0.717) is 18.8 Å². The summed E-state index contributed by atoms with van der Waals surface area (Å²) in [5, 5.41) is 3.74. The summed E-state index contributed by atoms with van der Waals surface area (Å²) in [4.78, 5) is 19.4. The Kier molecular flexibility index (Phi) is 4.72. The van der Waals surface area contributed by atoms with Crippen LogP contribution in [0, 0.1) is 5.92 Å². The lowest BCUT2D eigenvalue weighted by Gasteiger charge is -2.37. The number of anilines is 2. The fourth-order valence-electron chi connectivity index (χ4n) is 2.99. The number of thiazole rings is 1. The largest absolute Gasteiger partial charge is 0.497 e. The highest BCUT2D eigenvalue weighted by Crippen LogP contribution is 2.34. The molecule has 7 nitrogen and oxygen atoms in total. The minimum Gasteiger partial charge on any atom is -0.497 e. The molecule has 1 aliphatic heterocycles. The second kappa shape index (κ2) is 7.06. The van der Waals surface area contributed by atoms with Crippen LogP contribution < -0.4 is 15.0 Å². The van der Waals surface area contributed by atoms with Crippen molar-refractivity contribution in [2.45, 2.75) is 4.90 Å². The van der Waals surface area contributed by atoms with Crippen molar-refractivity contribution in [2.75, 3.05) is 36.7 Å². The minimum atomic E-state index is -3.24. The Morgan fingerprint density at radius 2 is 1.93 bits per heavy atom. The van der Waals surface area contributed by atoms with E-state index in [1.165, 1.54) is 12.1 Å². The summed E-state index contributed by atoms with van der Waals surface area (Å²) in [7, 11) is -1.62. The first-order valence-electron chi connectivity index (χ1n) is 8.64. The van der Waals surface area contributed by atoms with Crippen LogP contribution in [0.15, 0.2) is 47.4 Å². The normalized spacial score (nSPS) is 14.7. The van der Waals surface area contributed by atoms with Crippen molar-refractivity contribution in [3.8, 4) is 5.75 Å². The number of rotatable bonds is 5. The molecule has 1 aromatic heterocycles. The van der Waals surface area contributed by atoms with Gasteiger partial charge in [-0.15, -0.1) is 0 Å². The van der Waals surface area contributed by atoms with E-state index in [2.05, 4.69) is 15.2 Å². The number of hydrogen-bond acceptors (Lipinski definition) is 7. The van der Waals surface area contributed by atoms with Gasteiger partial charge in [-0.05, 0) is 36.4 Å². The molecule has 1 saturated heterocycles. The number of methoxy groups -OCH3 is 1. The van der Waals surface area contributed by atoms with Gasteiger partial charge in [0.2, 0.25) is 5.91 Å². The van der Waals surface area contributed by atoms with Crippen molar-refractivity contribution >= 4 is 48.1 Å². The van der Waals surface area contributed by atoms with E-state index in [1.807, 2.05) is 18.2 Å². The Bertz CT molecular complexity index is 1130. The second-order valence-electron chi connectivity index (χ2n) is 6.72. The molecule has 1 amide bonds. The van der Waals surface area contributed by atoms with Crippen molar-refractivity contribution < 1.29 is 17.9 Å². The van der Waals surface area contributed by atoms with E-state index in [1.54, 1.807) is 30.6 Å². The highest BCUT2D eigenvalue weighted by atomic mass is 32.2. The summed E-state index contributed by atoms with van der Waals surface area (Å²) >= 11 is 1.59.